The zero-order valence-electron chi connectivity index (χ0n) is 15.1. The third-order valence-electron chi connectivity index (χ3n) is 5.45. The zero-order chi connectivity index (χ0) is 17.1. The van der Waals surface area contributed by atoms with E-state index in [1.54, 1.807) is 0 Å². The summed E-state index contributed by atoms with van der Waals surface area (Å²) in [4.78, 5) is 7.30. The second-order valence-electron chi connectivity index (χ2n) is 7.14. The number of fused-ring (bicyclic) bond motifs is 1. The summed E-state index contributed by atoms with van der Waals surface area (Å²) < 4.78 is 11.8. The Morgan fingerprint density at radius 2 is 1.80 bits per heavy atom. The lowest BCUT2D eigenvalue weighted by Crippen LogP contribution is -2.39. The smallest absolute Gasteiger partial charge is 0.0726 e. The van der Waals surface area contributed by atoms with Crippen LogP contribution in [0.3, 0.4) is 0 Å². The molecule has 1 aromatic carbocycles. The molecule has 4 rings (SSSR count). The van der Waals surface area contributed by atoms with E-state index in [4.69, 9.17) is 14.5 Å². The van der Waals surface area contributed by atoms with Crippen molar-refractivity contribution in [2.45, 2.75) is 51.2 Å². The van der Waals surface area contributed by atoms with E-state index in [-0.39, 0.29) is 0 Å². The number of aromatic nitrogens is 1. The van der Waals surface area contributed by atoms with Crippen molar-refractivity contribution in [1.82, 2.24) is 4.98 Å². The lowest BCUT2D eigenvalue weighted by atomic mass is 10.0. The Balaban J connectivity index is 1.46. The standard InChI is InChI=1S/C21H28N2O2/c1-2-16-15-21(19-5-3-4-6-20(19)22-16)23-11-7-17(8-12-23)25-18-9-13-24-14-10-18/h3-6,15,17-18H,2,7-14H2,1H3. The molecule has 0 amide bonds. The van der Waals surface area contributed by atoms with E-state index in [0.717, 1.165) is 63.9 Å². The number of para-hydroxylation sites is 1. The van der Waals surface area contributed by atoms with Crippen molar-refractivity contribution in [2.24, 2.45) is 0 Å². The van der Waals surface area contributed by atoms with Crippen LogP contribution in [0, 0.1) is 0 Å². The summed E-state index contributed by atoms with van der Waals surface area (Å²) in [5, 5.41) is 1.27. The summed E-state index contributed by atoms with van der Waals surface area (Å²) in [5.74, 6) is 0. The molecule has 0 aliphatic carbocycles. The third kappa shape index (κ3) is 3.80. The minimum atomic E-state index is 0.401. The molecule has 2 saturated heterocycles. The van der Waals surface area contributed by atoms with Gasteiger partial charge in [0.1, 0.15) is 0 Å². The van der Waals surface area contributed by atoms with Crippen LogP contribution in [0.4, 0.5) is 5.69 Å². The normalized spacial score (nSPS) is 20.3. The molecule has 2 aromatic rings. The van der Waals surface area contributed by atoms with Crippen molar-refractivity contribution in [3.63, 3.8) is 0 Å². The molecule has 0 saturated carbocycles. The molecule has 2 fully saturated rings. The molecule has 0 bridgehead atoms. The molecule has 0 N–H and O–H groups in total. The highest BCUT2D eigenvalue weighted by Gasteiger charge is 2.25. The predicted molar refractivity (Wildman–Crippen MR) is 101 cm³/mol. The van der Waals surface area contributed by atoms with E-state index in [9.17, 15) is 0 Å². The number of piperidine rings is 1. The van der Waals surface area contributed by atoms with Crippen molar-refractivity contribution in [2.75, 3.05) is 31.2 Å². The largest absolute Gasteiger partial charge is 0.381 e. The highest BCUT2D eigenvalue weighted by Crippen LogP contribution is 2.30. The second-order valence-corrected chi connectivity index (χ2v) is 7.14. The second kappa shape index (κ2) is 7.71. The molecular weight excluding hydrogens is 312 g/mol. The average Bonchev–Trinajstić information content (AvgIpc) is 2.68. The number of pyridine rings is 1. The van der Waals surface area contributed by atoms with Crippen LogP contribution in [0.5, 0.6) is 0 Å². The van der Waals surface area contributed by atoms with Gasteiger partial charge in [-0.2, -0.15) is 0 Å². The first-order chi connectivity index (χ1) is 12.3. The Bertz CT molecular complexity index is 704. The van der Waals surface area contributed by atoms with Crippen LogP contribution < -0.4 is 4.90 Å². The summed E-state index contributed by atoms with van der Waals surface area (Å²) in [6, 6.07) is 10.8. The first-order valence-electron chi connectivity index (χ1n) is 9.70. The van der Waals surface area contributed by atoms with Gasteiger partial charge in [-0.3, -0.25) is 4.98 Å². The molecule has 3 heterocycles. The maximum Gasteiger partial charge on any atom is 0.0726 e. The fourth-order valence-electron chi connectivity index (χ4n) is 3.97. The molecule has 25 heavy (non-hydrogen) atoms. The van der Waals surface area contributed by atoms with Gasteiger partial charge in [-0.25, -0.2) is 0 Å². The van der Waals surface area contributed by atoms with Gasteiger partial charge in [0.15, 0.2) is 0 Å². The average molecular weight is 340 g/mol. The highest BCUT2D eigenvalue weighted by atomic mass is 16.5. The van der Waals surface area contributed by atoms with Crippen molar-refractivity contribution in [3.8, 4) is 0 Å². The van der Waals surface area contributed by atoms with Crippen molar-refractivity contribution >= 4 is 16.6 Å². The molecule has 0 atom stereocenters. The van der Waals surface area contributed by atoms with Crippen LogP contribution in [0.15, 0.2) is 30.3 Å². The number of aryl methyl sites for hydroxylation is 1. The summed E-state index contributed by atoms with van der Waals surface area (Å²) >= 11 is 0. The monoisotopic (exact) mass is 340 g/mol. The van der Waals surface area contributed by atoms with E-state index >= 15 is 0 Å². The van der Waals surface area contributed by atoms with E-state index in [0.29, 0.717) is 12.2 Å². The maximum absolute atomic E-state index is 6.33. The molecule has 4 heteroatoms. The van der Waals surface area contributed by atoms with E-state index < -0.39 is 0 Å². The number of hydrogen-bond donors (Lipinski definition) is 0. The van der Waals surface area contributed by atoms with Gasteiger partial charge in [0.05, 0.1) is 17.7 Å². The number of anilines is 1. The van der Waals surface area contributed by atoms with E-state index in [1.165, 1.54) is 16.8 Å². The molecule has 4 nitrogen and oxygen atoms in total. The Kier molecular flexibility index (Phi) is 5.18. The van der Waals surface area contributed by atoms with Gasteiger partial charge in [0.2, 0.25) is 0 Å². The topological polar surface area (TPSA) is 34.6 Å². The number of benzene rings is 1. The lowest BCUT2D eigenvalue weighted by molar-refractivity contribution is -0.0743. The molecular formula is C21H28N2O2. The van der Waals surface area contributed by atoms with Gasteiger partial charge in [0.25, 0.3) is 0 Å². The van der Waals surface area contributed by atoms with Crippen molar-refractivity contribution in [3.05, 3.63) is 36.0 Å². The predicted octanol–water partition coefficient (Wildman–Crippen LogP) is 3.96. The van der Waals surface area contributed by atoms with Gasteiger partial charge in [-0.15, -0.1) is 0 Å². The van der Waals surface area contributed by atoms with Crippen LogP contribution in [0.25, 0.3) is 10.9 Å². The Labute approximate surface area is 150 Å². The van der Waals surface area contributed by atoms with Gasteiger partial charge < -0.3 is 14.4 Å². The first-order valence-corrected chi connectivity index (χ1v) is 9.70. The summed E-state index contributed by atoms with van der Waals surface area (Å²) in [6.45, 7) is 6.00. The lowest BCUT2D eigenvalue weighted by Gasteiger charge is -2.36. The van der Waals surface area contributed by atoms with Gasteiger partial charge in [-0.05, 0) is 44.2 Å². The fraction of sp³-hybridized carbons (Fsp3) is 0.571. The maximum atomic E-state index is 6.33. The zero-order valence-corrected chi connectivity index (χ0v) is 15.1. The number of rotatable bonds is 4. The summed E-state index contributed by atoms with van der Waals surface area (Å²) in [6.07, 6.45) is 6.09. The molecule has 0 unspecified atom stereocenters. The van der Waals surface area contributed by atoms with Crippen molar-refractivity contribution < 1.29 is 9.47 Å². The highest BCUT2D eigenvalue weighted by molar-refractivity contribution is 5.92. The summed E-state index contributed by atoms with van der Waals surface area (Å²) in [7, 11) is 0. The van der Waals surface area contributed by atoms with Gasteiger partial charge >= 0.3 is 0 Å². The SMILES string of the molecule is CCc1cc(N2CCC(OC3CCOCC3)CC2)c2ccccc2n1. The van der Waals surface area contributed by atoms with Gasteiger partial charge in [-0.1, -0.05) is 25.1 Å². The Hall–Kier alpha value is -1.65. The molecule has 2 aliphatic heterocycles. The molecule has 0 radical (unpaired) electrons. The van der Waals surface area contributed by atoms with Crippen LogP contribution >= 0.6 is 0 Å². The van der Waals surface area contributed by atoms with E-state index in [1.807, 2.05) is 0 Å². The number of ether oxygens (including phenoxy) is 2. The van der Waals surface area contributed by atoms with Crippen LogP contribution in [-0.4, -0.2) is 43.5 Å². The van der Waals surface area contributed by atoms with Crippen LogP contribution in [-0.2, 0) is 15.9 Å². The Morgan fingerprint density at radius 3 is 2.56 bits per heavy atom. The van der Waals surface area contributed by atoms with E-state index in [2.05, 4.69) is 42.2 Å². The molecule has 0 spiro atoms. The molecule has 2 aliphatic rings. The third-order valence-corrected chi connectivity index (χ3v) is 5.45. The number of nitrogens with zero attached hydrogens (tertiary/aromatic N) is 2. The first kappa shape index (κ1) is 16.8. The minimum absolute atomic E-state index is 0.401. The Morgan fingerprint density at radius 1 is 1.08 bits per heavy atom. The summed E-state index contributed by atoms with van der Waals surface area (Å²) in [5.41, 5.74) is 3.62. The van der Waals surface area contributed by atoms with Gasteiger partial charge in [0, 0.05) is 43.1 Å². The number of hydrogen-bond acceptors (Lipinski definition) is 4. The fourth-order valence-corrected chi connectivity index (χ4v) is 3.97. The molecule has 134 valence electrons. The van der Waals surface area contributed by atoms with Crippen molar-refractivity contribution in [1.29, 1.82) is 0 Å². The minimum Gasteiger partial charge on any atom is -0.381 e. The van der Waals surface area contributed by atoms with Crippen LogP contribution in [0.2, 0.25) is 0 Å². The van der Waals surface area contributed by atoms with Crippen LogP contribution in [0.1, 0.15) is 38.3 Å². The quantitative estimate of drug-likeness (QED) is 0.844. The molecule has 1 aromatic heterocycles.